The molecule has 0 atom stereocenters. The first-order chi connectivity index (χ1) is 9.16. The zero-order chi connectivity index (χ0) is 14.1. The minimum absolute atomic E-state index is 0.0194. The van der Waals surface area contributed by atoms with E-state index in [9.17, 15) is 8.78 Å². The van der Waals surface area contributed by atoms with E-state index in [-0.39, 0.29) is 5.69 Å². The summed E-state index contributed by atoms with van der Waals surface area (Å²) in [6.45, 7) is 4.48. The zero-order valence-electron chi connectivity index (χ0n) is 12.1. The van der Waals surface area contributed by atoms with Crippen LogP contribution in [0.25, 0.3) is 0 Å². The van der Waals surface area contributed by atoms with Crippen molar-refractivity contribution in [2.75, 3.05) is 11.9 Å². The van der Waals surface area contributed by atoms with E-state index in [1.165, 1.54) is 44.2 Å². The van der Waals surface area contributed by atoms with Crippen LogP contribution in [0.2, 0.25) is 0 Å². The molecule has 0 heterocycles. The monoisotopic (exact) mass is 269 g/mol. The van der Waals surface area contributed by atoms with Crippen molar-refractivity contribution in [2.24, 2.45) is 0 Å². The van der Waals surface area contributed by atoms with Crippen LogP contribution >= 0.6 is 0 Å². The van der Waals surface area contributed by atoms with Gasteiger partial charge in [-0.3, -0.25) is 0 Å². The number of hydrogen-bond donors (Lipinski definition) is 1. The summed E-state index contributed by atoms with van der Waals surface area (Å²) in [6.07, 6.45) is 8.41. The fraction of sp³-hybridized carbons (Fsp3) is 0.625. The predicted molar refractivity (Wildman–Crippen MR) is 77.6 cm³/mol. The van der Waals surface area contributed by atoms with Gasteiger partial charge in [-0.1, -0.05) is 51.5 Å². The maximum absolute atomic E-state index is 13.7. The number of benzene rings is 1. The summed E-state index contributed by atoms with van der Waals surface area (Å²) in [6, 6.07) is 2.77. The molecule has 0 bridgehead atoms. The average molecular weight is 269 g/mol. The Bertz CT molecular complexity index is 377. The Morgan fingerprint density at radius 3 is 2.26 bits per heavy atom. The molecule has 3 heteroatoms. The zero-order valence-corrected chi connectivity index (χ0v) is 12.1. The van der Waals surface area contributed by atoms with Gasteiger partial charge in [-0.05, 0) is 25.0 Å². The molecule has 0 saturated heterocycles. The van der Waals surface area contributed by atoms with Crippen molar-refractivity contribution in [3.05, 3.63) is 29.3 Å². The molecule has 0 aromatic heterocycles. The molecular formula is C16H25F2N. The van der Waals surface area contributed by atoms with Gasteiger partial charge in [-0.15, -0.1) is 0 Å². The van der Waals surface area contributed by atoms with E-state index in [1.54, 1.807) is 6.92 Å². The van der Waals surface area contributed by atoms with E-state index in [1.807, 2.05) is 0 Å². The van der Waals surface area contributed by atoms with E-state index < -0.39 is 11.6 Å². The SMILES string of the molecule is CCCCCCCCCNc1c(F)ccc(C)c1F. The minimum Gasteiger partial charge on any atom is -0.380 e. The molecule has 108 valence electrons. The molecule has 0 aliphatic carbocycles. The van der Waals surface area contributed by atoms with E-state index in [0.717, 1.165) is 12.8 Å². The van der Waals surface area contributed by atoms with E-state index >= 15 is 0 Å². The molecule has 0 radical (unpaired) electrons. The van der Waals surface area contributed by atoms with Gasteiger partial charge in [0.05, 0.1) is 0 Å². The minimum atomic E-state index is -0.508. The maximum Gasteiger partial charge on any atom is 0.152 e. The van der Waals surface area contributed by atoms with Crippen LogP contribution in [0, 0.1) is 18.6 Å². The van der Waals surface area contributed by atoms with E-state index in [4.69, 9.17) is 0 Å². The summed E-state index contributed by atoms with van der Waals surface area (Å²) in [7, 11) is 0. The van der Waals surface area contributed by atoms with E-state index in [0.29, 0.717) is 12.1 Å². The molecule has 0 unspecified atom stereocenters. The topological polar surface area (TPSA) is 12.0 Å². The highest BCUT2D eigenvalue weighted by Crippen LogP contribution is 2.21. The summed E-state index contributed by atoms with van der Waals surface area (Å²) in [5.41, 5.74) is 0.495. The summed E-state index contributed by atoms with van der Waals surface area (Å²) in [5, 5.41) is 2.87. The van der Waals surface area contributed by atoms with Gasteiger partial charge in [-0.2, -0.15) is 0 Å². The molecular weight excluding hydrogens is 244 g/mol. The van der Waals surface area contributed by atoms with Gasteiger partial charge in [0.2, 0.25) is 0 Å². The van der Waals surface area contributed by atoms with Crippen molar-refractivity contribution >= 4 is 5.69 Å². The molecule has 0 amide bonds. The molecule has 0 saturated carbocycles. The first-order valence-corrected chi connectivity index (χ1v) is 7.35. The van der Waals surface area contributed by atoms with Crippen molar-refractivity contribution in [1.29, 1.82) is 0 Å². The van der Waals surface area contributed by atoms with Gasteiger partial charge in [0.25, 0.3) is 0 Å². The van der Waals surface area contributed by atoms with Crippen molar-refractivity contribution in [3.8, 4) is 0 Å². The molecule has 0 spiro atoms. The van der Waals surface area contributed by atoms with Crippen LogP contribution in [0.15, 0.2) is 12.1 Å². The smallest absolute Gasteiger partial charge is 0.152 e. The number of rotatable bonds is 9. The lowest BCUT2D eigenvalue weighted by Crippen LogP contribution is -2.06. The second kappa shape index (κ2) is 8.89. The number of halogens is 2. The Balaban J connectivity index is 2.21. The lowest BCUT2D eigenvalue weighted by Gasteiger charge is -2.10. The number of anilines is 1. The first kappa shape index (κ1) is 15.9. The highest BCUT2D eigenvalue weighted by molar-refractivity contribution is 5.48. The molecule has 19 heavy (non-hydrogen) atoms. The summed E-state index contributed by atoms with van der Waals surface area (Å²) < 4.78 is 27.1. The van der Waals surface area contributed by atoms with Gasteiger partial charge < -0.3 is 5.32 Å². The number of unbranched alkanes of at least 4 members (excludes halogenated alkanes) is 6. The Labute approximate surface area is 115 Å². The first-order valence-electron chi connectivity index (χ1n) is 7.35. The largest absolute Gasteiger partial charge is 0.380 e. The van der Waals surface area contributed by atoms with Crippen LogP contribution < -0.4 is 5.32 Å². The van der Waals surface area contributed by atoms with Crippen LogP contribution in [0.1, 0.15) is 57.4 Å². The highest BCUT2D eigenvalue weighted by Gasteiger charge is 2.10. The van der Waals surface area contributed by atoms with Gasteiger partial charge >= 0.3 is 0 Å². The van der Waals surface area contributed by atoms with Gasteiger partial charge in [0.1, 0.15) is 11.5 Å². The average Bonchev–Trinajstić information content (AvgIpc) is 2.40. The van der Waals surface area contributed by atoms with Crippen LogP contribution in [-0.4, -0.2) is 6.54 Å². The van der Waals surface area contributed by atoms with Crippen molar-refractivity contribution in [3.63, 3.8) is 0 Å². The molecule has 0 aliphatic rings. The summed E-state index contributed by atoms with van der Waals surface area (Å²) in [4.78, 5) is 0. The Morgan fingerprint density at radius 2 is 1.58 bits per heavy atom. The third kappa shape index (κ3) is 5.58. The van der Waals surface area contributed by atoms with Gasteiger partial charge in [0, 0.05) is 6.54 Å². The molecule has 1 rings (SSSR count). The molecule has 0 aliphatic heterocycles. The third-order valence-corrected chi connectivity index (χ3v) is 3.37. The lowest BCUT2D eigenvalue weighted by atomic mass is 10.1. The van der Waals surface area contributed by atoms with Crippen molar-refractivity contribution in [1.82, 2.24) is 0 Å². The second-order valence-electron chi connectivity index (χ2n) is 5.10. The second-order valence-corrected chi connectivity index (χ2v) is 5.10. The fourth-order valence-electron chi connectivity index (χ4n) is 2.11. The maximum atomic E-state index is 13.7. The van der Waals surface area contributed by atoms with E-state index in [2.05, 4.69) is 12.2 Å². The fourth-order valence-corrected chi connectivity index (χ4v) is 2.11. The summed E-state index contributed by atoms with van der Waals surface area (Å²) >= 11 is 0. The number of hydrogen-bond acceptors (Lipinski definition) is 1. The molecule has 1 N–H and O–H groups in total. The molecule has 1 nitrogen and oxygen atoms in total. The highest BCUT2D eigenvalue weighted by atomic mass is 19.1. The Hall–Kier alpha value is -1.12. The van der Waals surface area contributed by atoms with Crippen molar-refractivity contribution < 1.29 is 8.78 Å². The van der Waals surface area contributed by atoms with Crippen LogP contribution in [0.3, 0.4) is 0 Å². The Kier molecular flexibility index (Phi) is 7.46. The van der Waals surface area contributed by atoms with Crippen LogP contribution in [-0.2, 0) is 0 Å². The molecule has 1 aromatic carbocycles. The molecule has 1 aromatic rings. The number of nitrogens with one attached hydrogen (secondary N) is 1. The lowest BCUT2D eigenvalue weighted by molar-refractivity contribution is 0.576. The van der Waals surface area contributed by atoms with Crippen LogP contribution in [0.4, 0.5) is 14.5 Å². The standard InChI is InChI=1S/C16H25F2N/c1-3-4-5-6-7-8-9-12-19-16-14(17)11-10-13(2)15(16)18/h10-11,19H,3-9,12H2,1-2H3. The van der Waals surface area contributed by atoms with Gasteiger partial charge in [0.15, 0.2) is 5.82 Å². The quantitative estimate of drug-likeness (QED) is 0.589. The molecule has 0 fully saturated rings. The van der Waals surface area contributed by atoms with Crippen molar-refractivity contribution in [2.45, 2.75) is 58.8 Å². The van der Waals surface area contributed by atoms with Gasteiger partial charge in [-0.25, -0.2) is 8.78 Å². The van der Waals surface area contributed by atoms with Crippen LogP contribution in [0.5, 0.6) is 0 Å². The predicted octanol–water partition coefficient (Wildman–Crippen LogP) is 5.44. The summed E-state index contributed by atoms with van der Waals surface area (Å²) in [5.74, 6) is -0.978. The Morgan fingerprint density at radius 1 is 0.947 bits per heavy atom. The third-order valence-electron chi connectivity index (χ3n) is 3.37. The normalized spacial score (nSPS) is 10.7. The number of aryl methyl sites for hydroxylation is 1.